The van der Waals surface area contributed by atoms with Crippen LogP contribution in [-0.2, 0) is 0 Å². The van der Waals surface area contributed by atoms with Crippen molar-refractivity contribution < 1.29 is 0 Å². The number of hydrogen-bond donors (Lipinski definition) is 2. The van der Waals surface area contributed by atoms with E-state index in [1.54, 1.807) is 6.08 Å². The highest BCUT2D eigenvalue weighted by Gasteiger charge is 1.98. The average molecular weight is 201 g/mol. The fourth-order valence-electron chi connectivity index (χ4n) is 0.802. The molecule has 12 heavy (non-hydrogen) atoms. The van der Waals surface area contributed by atoms with Gasteiger partial charge in [-0.05, 0) is 19.4 Å². The predicted molar refractivity (Wildman–Crippen MR) is 62.5 cm³/mol. The Morgan fingerprint density at radius 1 is 1.67 bits per heavy atom. The Morgan fingerprint density at radius 2 is 2.25 bits per heavy atom. The highest BCUT2D eigenvalue weighted by atomic mass is 32.1. The lowest BCUT2D eigenvalue weighted by Crippen LogP contribution is -2.16. The molecule has 0 amide bonds. The van der Waals surface area contributed by atoms with Crippen molar-refractivity contribution in [1.29, 1.82) is 0 Å². The zero-order valence-corrected chi connectivity index (χ0v) is 9.27. The van der Waals surface area contributed by atoms with Crippen LogP contribution >= 0.6 is 24.8 Å². The van der Waals surface area contributed by atoms with Crippen LogP contribution in [0.25, 0.3) is 0 Å². The summed E-state index contributed by atoms with van der Waals surface area (Å²) in [4.78, 5) is 1.75. The highest BCUT2D eigenvalue weighted by molar-refractivity contribution is 7.84. The van der Waals surface area contributed by atoms with Gasteiger partial charge < -0.3 is 5.32 Å². The fraction of sp³-hybridized carbons (Fsp3) is 0.444. The maximum atomic E-state index is 4.91. The predicted octanol–water partition coefficient (Wildman–Crippen LogP) is 3.05. The molecule has 0 aromatic rings. The van der Waals surface area contributed by atoms with Crippen LogP contribution in [0.4, 0.5) is 0 Å². The standard InChI is InChI=1S/C9H15NS2/c1-4-6-9(12)8(5-2)10-7(3)11/h5,12H,2,4,6H2,1,3H3,(H,10,11)/b9-8+. The molecule has 0 bridgehead atoms. The van der Waals surface area contributed by atoms with Crippen molar-refractivity contribution in [3.8, 4) is 0 Å². The molecule has 1 nitrogen and oxygen atoms in total. The van der Waals surface area contributed by atoms with Gasteiger partial charge in [-0.15, -0.1) is 12.6 Å². The molecule has 0 aliphatic heterocycles. The van der Waals surface area contributed by atoms with E-state index in [0.29, 0.717) is 0 Å². The summed E-state index contributed by atoms with van der Waals surface area (Å²) in [6.45, 7) is 7.64. The molecule has 0 aliphatic carbocycles. The summed E-state index contributed by atoms with van der Waals surface area (Å²) in [7, 11) is 0. The van der Waals surface area contributed by atoms with E-state index in [9.17, 15) is 0 Å². The molecule has 0 saturated carbocycles. The Kier molecular flexibility index (Phi) is 6.11. The average Bonchev–Trinajstić information content (AvgIpc) is 2.00. The van der Waals surface area contributed by atoms with Crippen LogP contribution in [0.2, 0.25) is 0 Å². The second-order valence-corrected chi connectivity index (χ2v) is 3.65. The normalized spacial score (nSPS) is 11.9. The van der Waals surface area contributed by atoms with E-state index in [1.807, 2.05) is 6.92 Å². The van der Waals surface area contributed by atoms with Gasteiger partial charge in [-0.3, -0.25) is 0 Å². The summed E-state index contributed by atoms with van der Waals surface area (Å²) in [5.41, 5.74) is 0.924. The minimum atomic E-state index is 0.743. The Balaban J connectivity index is 4.38. The molecule has 0 rings (SSSR count). The quantitative estimate of drug-likeness (QED) is 0.412. The van der Waals surface area contributed by atoms with E-state index in [1.165, 1.54) is 0 Å². The van der Waals surface area contributed by atoms with Crippen molar-refractivity contribution in [2.45, 2.75) is 26.7 Å². The van der Waals surface area contributed by atoms with Crippen molar-refractivity contribution in [1.82, 2.24) is 5.32 Å². The molecular formula is C9H15NS2. The van der Waals surface area contributed by atoms with E-state index in [-0.39, 0.29) is 0 Å². The Labute approximate surface area is 85.3 Å². The molecule has 3 heteroatoms. The monoisotopic (exact) mass is 201 g/mol. The molecule has 0 aliphatic rings. The Bertz CT molecular complexity index is 207. The molecule has 0 unspecified atom stereocenters. The van der Waals surface area contributed by atoms with Crippen molar-refractivity contribution in [2.75, 3.05) is 0 Å². The zero-order valence-electron chi connectivity index (χ0n) is 7.55. The van der Waals surface area contributed by atoms with Gasteiger partial charge in [0.25, 0.3) is 0 Å². The molecule has 0 radical (unpaired) electrons. The Hall–Kier alpha value is -0.280. The van der Waals surface area contributed by atoms with Crippen LogP contribution in [0.3, 0.4) is 0 Å². The third-order valence-electron chi connectivity index (χ3n) is 1.31. The number of hydrogen-bond acceptors (Lipinski definition) is 2. The third-order valence-corrected chi connectivity index (χ3v) is 1.88. The van der Waals surface area contributed by atoms with Crippen LogP contribution in [-0.4, -0.2) is 4.99 Å². The van der Waals surface area contributed by atoms with Gasteiger partial charge in [0.15, 0.2) is 0 Å². The minimum absolute atomic E-state index is 0.743. The van der Waals surface area contributed by atoms with Gasteiger partial charge in [0, 0.05) is 10.6 Å². The number of thiol groups is 1. The number of rotatable bonds is 4. The first-order valence-corrected chi connectivity index (χ1v) is 4.79. The van der Waals surface area contributed by atoms with Crippen LogP contribution in [0.5, 0.6) is 0 Å². The number of nitrogens with one attached hydrogen (secondary N) is 1. The molecular weight excluding hydrogens is 186 g/mol. The lowest BCUT2D eigenvalue weighted by atomic mass is 10.2. The zero-order chi connectivity index (χ0) is 9.56. The molecule has 0 heterocycles. The molecule has 0 aromatic heterocycles. The summed E-state index contributed by atoms with van der Waals surface area (Å²) in [6, 6.07) is 0. The topological polar surface area (TPSA) is 12.0 Å². The van der Waals surface area contributed by atoms with E-state index in [4.69, 9.17) is 12.2 Å². The van der Waals surface area contributed by atoms with Crippen LogP contribution < -0.4 is 5.32 Å². The van der Waals surface area contributed by atoms with Gasteiger partial charge >= 0.3 is 0 Å². The largest absolute Gasteiger partial charge is 0.350 e. The van der Waals surface area contributed by atoms with Gasteiger partial charge in [0.2, 0.25) is 0 Å². The van der Waals surface area contributed by atoms with E-state index < -0.39 is 0 Å². The summed E-state index contributed by atoms with van der Waals surface area (Å²) in [5, 5.41) is 3.03. The van der Waals surface area contributed by atoms with Gasteiger partial charge in [-0.2, -0.15) is 0 Å². The van der Waals surface area contributed by atoms with E-state index >= 15 is 0 Å². The summed E-state index contributed by atoms with van der Waals surface area (Å²) in [5.74, 6) is 0. The minimum Gasteiger partial charge on any atom is -0.350 e. The van der Waals surface area contributed by atoms with Gasteiger partial charge in [-0.25, -0.2) is 0 Å². The van der Waals surface area contributed by atoms with Crippen LogP contribution in [0.15, 0.2) is 23.3 Å². The summed E-state index contributed by atoms with van der Waals surface area (Å²) >= 11 is 9.26. The summed E-state index contributed by atoms with van der Waals surface area (Å²) < 4.78 is 0. The molecule has 0 saturated heterocycles. The molecule has 0 fully saturated rings. The molecule has 68 valence electrons. The first-order chi connectivity index (χ1) is 5.61. The maximum Gasteiger partial charge on any atom is 0.0766 e. The molecule has 0 spiro atoms. The van der Waals surface area contributed by atoms with Gasteiger partial charge in [0.05, 0.1) is 4.99 Å². The lowest BCUT2D eigenvalue weighted by Gasteiger charge is -2.08. The van der Waals surface area contributed by atoms with Crippen molar-refractivity contribution in [3.63, 3.8) is 0 Å². The van der Waals surface area contributed by atoms with Gasteiger partial charge in [0.1, 0.15) is 0 Å². The molecule has 1 N–H and O–H groups in total. The highest BCUT2D eigenvalue weighted by Crippen LogP contribution is 2.13. The number of allylic oxidation sites excluding steroid dienone is 2. The van der Waals surface area contributed by atoms with Crippen molar-refractivity contribution >= 4 is 29.8 Å². The molecule has 0 aromatic carbocycles. The summed E-state index contributed by atoms with van der Waals surface area (Å²) in [6.07, 6.45) is 3.78. The Morgan fingerprint density at radius 3 is 2.58 bits per heavy atom. The smallest absolute Gasteiger partial charge is 0.0766 e. The second-order valence-electron chi connectivity index (χ2n) is 2.50. The van der Waals surface area contributed by atoms with Crippen LogP contribution in [0.1, 0.15) is 26.7 Å². The van der Waals surface area contributed by atoms with E-state index in [2.05, 4.69) is 31.4 Å². The first-order valence-electron chi connectivity index (χ1n) is 3.94. The molecule has 0 atom stereocenters. The maximum absolute atomic E-state index is 4.91. The first kappa shape index (κ1) is 11.7. The third kappa shape index (κ3) is 4.57. The van der Waals surface area contributed by atoms with Gasteiger partial charge in [-0.1, -0.05) is 32.1 Å². The fourth-order valence-corrected chi connectivity index (χ4v) is 1.28. The second kappa shape index (κ2) is 6.26. The van der Waals surface area contributed by atoms with Crippen molar-refractivity contribution in [2.24, 2.45) is 0 Å². The van der Waals surface area contributed by atoms with Crippen LogP contribution in [0, 0.1) is 0 Å². The lowest BCUT2D eigenvalue weighted by molar-refractivity contribution is 0.931. The van der Waals surface area contributed by atoms with E-state index in [0.717, 1.165) is 28.4 Å². The van der Waals surface area contributed by atoms with Crippen molar-refractivity contribution in [3.05, 3.63) is 23.3 Å². The SMILES string of the molecule is C=C/C(NC(C)=S)=C(\S)CCC. The number of thiocarbonyl (C=S) groups is 1.